The molecule has 3 rings (SSSR count). The van der Waals surface area contributed by atoms with Crippen LogP contribution >= 0.6 is 0 Å². The van der Waals surface area contributed by atoms with Crippen LogP contribution in [-0.2, 0) is 24.5 Å². The van der Waals surface area contributed by atoms with E-state index >= 15 is 0 Å². The molecule has 1 amide bonds. The number of carboxylic acid groups (broad SMARTS) is 2. The molecule has 0 bridgehead atoms. The molecule has 1 saturated heterocycles. The second-order valence-electron chi connectivity index (χ2n) is 7.43. The first-order valence-electron chi connectivity index (χ1n) is 10.2. The average Bonchev–Trinajstić information content (AvgIpc) is 2.76. The van der Waals surface area contributed by atoms with Crippen LogP contribution in [0.2, 0.25) is 0 Å². The van der Waals surface area contributed by atoms with Gasteiger partial charge in [0.2, 0.25) is 5.91 Å². The van der Waals surface area contributed by atoms with E-state index in [-0.39, 0.29) is 5.91 Å². The molecule has 1 heterocycles. The number of aliphatic carboxylic acids is 2. The van der Waals surface area contributed by atoms with Crippen molar-refractivity contribution in [2.24, 2.45) is 5.73 Å². The molecule has 1 aliphatic heterocycles. The summed E-state index contributed by atoms with van der Waals surface area (Å²) in [4.78, 5) is 33.3. The maximum Gasteiger partial charge on any atom is 0.414 e. The van der Waals surface area contributed by atoms with Gasteiger partial charge in [-0.3, -0.25) is 9.69 Å². The molecule has 0 spiro atoms. The molecule has 4 N–H and O–H groups in total. The monoisotopic (exact) mass is 418 g/mol. The van der Waals surface area contributed by atoms with Gasteiger partial charge in [0.1, 0.15) is 0 Å². The van der Waals surface area contributed by atoms with E-state index < -0.39 is 17.4 Å². The van der Waals surface area contributed by atoms with Gasteiger partial charge in [-0.25, -0.2) is 9.59 Å². The molecular formula is C22H30N2O6. The van der Waals surface area contributed by atoms with Crippen LogP contribution in [0.25, 0.3) is 0 Å². The highest BCUT2D eigenvalue weighted by atomic mass is 16.5. The van der Waals surface area contributed by atoms with E-state index in [0.717, 1.165) is 64.1 Å². The number of primary amides is 1. The van der Waals surface area contributed by atoms with Crippen molar-refractivity contribution in [1.82, 2.24) is 4.90 Å². The molecule has 30 heavy (non-hydrogen) atoms. The smallest absolute Gasteiger partial charge is 0.414 e. The van der Waals surface area contributed by atoms with Crippen molar-refractivity contribution in [2.45, 2.75) is 37.5 Å². The highest BCUT2D eigenvalue weighted by Crippen LogP contribution is 2.40. The van der Waals surface area contributed by atoms with Gasteiger partial charge in [0.25, 0.3) is 0 Å². The summed E-state index contributed by atoms with van der Waals surface area (Å²) in [5.41, 5.74) is 7.62. The number of carbonyl (C=O) groups is 3. The number of allylic oxidation sites excluding steroid dienone is 1. The number of carboxylic acids is 2. The summed E-state index contributed by atoms with van der Waals surface area (Å²) in [7, 11) is 0. The lowest BCUT2D eigenvalue weighted by molar-refractivity contribution is -0.159. The molecule has 1 aromatic rings. The normalized spacial score (nSPS) is 18.9. The molecule has 2 aliphatic rings. The Morgan fingerprint density at radius 2 is 1.67 bits per heavy atom. The Hall–Kier alpha value is -2.71. The van der Waals surface area contributed by atoms with Crippen LogP contribution in [0.3, 0.4) is 0 Å². The zero-order chi connectivity index (χ0) is 22.0. The number of carbonyl (C=O) groups excluding carboxylic acids is 1. The maximum atomic E-state index is 12.7. The van der Waals surface area contributed by atoms with Crippen LogP contribution in [0.5, 0.6) is 0 Å². The van der Waals surface area contributed by atoms with Crippen LogP contribution in [0.4, 0.5) is 0 Å². The van der Waals surface area contributed by atoms with Crippen molar-refractivity contribution in [1.29, 1.82) is 0 Å². The predicted octanol–water partition coefficient (Wildman–Crippen LogP) is 1.79. The molecular weight excluding hydrogens is 388 g/mol. The van der Waals surface area contributed by atoms with Gasteiger partial charge in [0.05, 0.1) is 18.6 Å². The Labute approximate surface area is 176 Å². The van der Waals surface area contributed by atoms with Gasteiger partial charge in [-0.1, -0.05) is 42.0 Å². The zero-order valence-corrected chi connectivity index (χ0v) is 17.1. The second-order valence-corrected chi connectivity index (χ2v) is 7.43. The summed E-state index contributed by atoms with van der Waals surface area (Å²) >= 11 is 0. The summed E-state index contributed by atoms with van der Waals surface area (Å²) in [5.74, 6) is -3.86. The quantitative estimate of drug-likeness (QED) is 0.474. The number of amides is 1. The maximum absolute atomic E-state index is 12.7. The molecule has 164 valence electrons. The molecule has 1 fully saturated rings. The van der Waals surface area contributed by atoms with Gasteiger partial charge >= 0.3 is 11.9 Å². The van der Waals surface area contributed by atoms with Gasteiger partial charge in [-0.15, -0.1) is 0 Å². The van der Waals surface area contributed by atoms with Crippen LogP contribution in [0, 0.1) is 0 Å². The zero-order valence-electron chi connectivity index (χ0n) is 17.1. The van der Waals surface area contributed by atoms with Crippen molar-refractivity contribution < 1.29 is 29.3 Å². The van der Waals surface area contributed by atoms with Gasteiger partial charge in [-0.05, 0) is 44.2 Å². The minimum Gasteiger partial charge on any atom is -0.473 e. The number of nitrogens with zero attached hydrogens (tertiary/aromatic N) is 1. The van der Waals surface area contributed by atoms with E-state index in [2.05, 4.69) is 23.1 Å². The van der Waals surface area contributed by atoms with E-state index in [4.69, 9.17) is 30.3 Å². The molecule has 1 aliphatic carbocycles. The number of hydrogen-bond acceptors (Lipinski definition) is 5. The highest BCUT2D eigenvalue weighted by Gasteiger charge is 2.42. The SMILES string of the molecule is NC(=O)C(CCN1CCOCC1)(C1=CCCCC1)c1ccccc1.O=C(O)C(=O)O. The summed E-state index contributed by atoms with van der Waals surface area (Å²) in [6.07, 6.45) is 7.39. The van der Waals surface area contributed by atoms with Crippen LogP contribution in [-0.4, -0.2) is 65.8 Å². The third kappa shape index (κ3) is 6.14. The van der Waals surface area contributed by atoms with E-state index in [1.54, 1.807) is 0 Å². The number of benzene rings is 1. The minimum atomic E-state index is -1.82. The van der Waals surface area contributed by atoms with Crippen LogP contribution in [0.15, 0.2) is 42.0 Å². The van der Waals surface area contributed by atoms with Crippen molar-refractivity contribution in [3.8, 4) is 0 Å². The fraction of sp³-hybridized carbons (Fsp3) is 0.500. The topological polar surface area (TPSA) is 130 Å². The van der Waals surface area contributed by atoms with Crippen LogP contribution in [0.1, 0.15) is 37.7 Å². The third-order valence-electron chi connectivity index (χ3n) is 5.62. The number of morpholine rings is 1. The summed E-state index contributed by atoms with van der Waals surface area (Å²) in [6, 6.07) is 10.1. The lowest BCUT2D eigenvalue weighted by Crippen LogP contribution is -2.47. The highest BCUT2D eigenvalue weighted by molar-refractivity contribution is 6.27. The van der Waals surface area contributed by atoms with Gasteiger partial charge in [0.15, 0.2) is 0 Å². The summed E-state index contributed by atoms with van der Waals surface area (Å²) < 4.78 is 5.44. The molecule has 1 atom stereocenters. The number of hydrogen-bond donors (Lipinski definition) is 3. The van der Waals surface area contributed by atoms with Gasteiger partial charge < -0.3 is 20.7 Å². The average molecular weight is 418 g/mol. The van der Waals surface area contributed by atoms with E-state index in [1.165, 1.54) is 12.0 Å². The predicted molar refractivity (Wildman–Crippen MR) is 111 cm³/mol. The Balaban J connectivity index is 0.000000469. The van der Waals surface area contributed by atoms with Crippen molar-refractivity contribution in [3.05, 3.63) is 47.5 Å². The minimum absolute atomic E-state index is 0.213. The first-order valence-corrected chi connectivity index (χ1v) is 10.2. The summed E-state index contributed by atoms with van der Waals surface area (Å²) in [6.45, 7) is 4.29. The summed E-state index contributed by atoms with van der Waals surface area (Å²) in [5, 5.41) is 14.8. The van der Waals surface area contributed by atoms with E-state index in [1.807, 2.05) is 18.2 Å². The number of rotatable bonds is 6. The largest absolute Gasteiger partial charge is 0.473 e. The van der Waals surface area contributed by atoms with Crippen LogP contribution < -0.4 is 5.73 Å². The number of nitrogens with two attached hydrogens (primary N) is 1. The molecule has 0 radical (unpaired) electrons. The molecule has 0 saturated carbocycles. The van der Waals surface area contributed by atoms with Gasteiger partial charge in [-0.2, -0.15) is 0 Å². The Morgan fingerprint density at radius 3 is 2.17 bits per heavy atom. The fourth-order valence-electron chi connectivity index (χ4n) is 4.01. The molecule has 0 aromatic heterocycles. The van der Waals surface area contributed by atoms with Gasteiger partial charge in [0, 0.05) is 13.1 Å². The van der Waals surface area contributed by atoms with Crippen molar-refractivity contribution >= 4 is 17.8 Å². The molecule has 1 aromatic carbocycles. The second kappa shape index (κ2) is 11.5. The number of ether oxygens (including phenoxy) is 1. The Morgan fingerprint density at radius 1 is 1.03 bits per heavy atom. The van der Waals surface area contributed by atoms with Crippen molar-refractivity contribution in [2.75, 3.05) is 32.8 Å². The lowest BCUT2D eigenvalue weighted by Gasteiger charge is -2.38. The lowest BCUT2D eigenvalue weighted by atomic mass is 9.68. The standard InChI is InChI=1S/C20H28N2O2.C2H2O4/c21-19(23)20(17-7-3-1-4-8-17,18-9-5-2-6-10-18)11-12-22-13-15-24-16-14-22;3-1(4)2(5)6/h1,3-4,7-9H,2,5-6,10-16H2,(H2,21,23);(H,3,4)(H,5,6). The molecule has 8 nitrogen and oxygen atoms in total. The Kier molecular flexibility index (Phi) is 9.01. The first kappa shape index (κ1) is 23.6. The van der Waals surface area contributed by atoms with E-state index in [0.29, 0.717) is 0 Å². The Bertz CT molecular complexity index is 746. The van der Waals surface area contributed by atoms with Crippen molar-refractivity contribution in [3.63, 3.8) is 0 Å². The first-order chi connectivity index (χ1) is 14.4. The van der Waals surface area contributed by atoms with E-state index in [9.17, 15) is 4.79 Å². The third-order valence-corrected chi connectivity index (χ3v) is 5.62. The molecule has 1 unspecified atom stereocenters. The fourth-order valence-corrected chi connectivity index (χ4v) is 4.01. The molecule has 8 heteroatoms.